The number of carbonyl (C=O) groups excluding carboxylic acids is 2. The van der Waals surface area contributed by atoms with E-state index in [0.29, 0.717) is 24.3 Å². The van der Waals surface area contributed by atoms with Gasteiger partial charge in [-0.3, -0.25) is 19.6 Å². The van der Waals surface area contributed by atoms with Gasteiger partial charge in [0, 0.05) is 42.0 Å². The smallest absolute Gasteiger partial charge is 0.328 e. The fourth-order valence-corrected chi connectivity index (χ4v) is 6.29. The number of aliphatic carboxylic acids is 1. The second-order valence-electron chi connectivity index (χ2n) is 11.3. The van der Waals surface area contributed by atoms with Crippen molar-refractivity contribution in [3.63, 3.8) is 0 Å². The van der Waals surface area contributed by atoms with E-state index in [4.69, 9.17) is 9.84 Å². The number of methoxy groups -OCH3 is 1. The van der Waals surface area contributed by atoms with Gasteiger partial charge in [-0.1, -0.05) is 18.9 Å². The predicted octanol–water partition coefficient (Wildman–Crippen LogP) is 4.48. The lowest BCUT2D eigenvalue weighted by Crippen LogP contribution is -2.61. The third-order valence-corrected chi connectivity index (χ3v) is 8.65. The number of hydrogen-bond donors (Lipinski definition) is 3. The van der Waals surface area contributed by atoms with Crippen molar-refractivity contribution in [1.82, 2.24) is 29.8 Å². The van der Waals surface area contributed by atoms with Crippen molar-refractivity contribution >= 4 is 40.6 Å². The van der Waals surface area contributed by atoms with Crippen LogP contribution in [0.2, 0.25) is 0 Å². The number of aromatic nitrogens is 5. The fraction of sp³-hybridized carbons (Fsp3) is 0.344. The molecule has 0 bridgehead atoms. The number of rotatable bonds is 9. The highest BCUT2D eigenvalue weighted by atomic mass is 16.5. The van der Waals surface area contributed by atoms with Crippen molar-refractivity contribution < 1.29 is 24.2 Å². The second-order valence-corrected chi connectivity index (χ2v) is 11.3. The molecule has 2 aliphatic carbocycles. The lowest BCUT2D eigenvalue weighted by atomic mass is 9.75. The predicted molar refractivity (Wildman–Crippen MR) is 163 cm³/mol. The molecule has 0 radical (unpaired) electrons. The first kappa shape index (κ1) is 29.0. The van der Waals surface area contributed by atoms with Gasteiger partial charge in [0.1, 0.15) is 16.9 Å². The summed E-state index contributed by atoms with van der Waals surface area (Å²) in [7, 11) is 3.36. The number of ether oxygens (including phenoxy) is 1. The number of aryl methyl sites for hydroxylation is 1. The van der Waals surface area contributed by atoms with Gasteiger partial charge in [-0.2, -0.15) is 4.98 Å². The van der Waals surface area contributed by atoms with Gasteiger partial charge in [0.05, 0.1) is 25.2 Å². The Bertz CT molecular complexity index is 1770. The highest BCUT2D eigenvalue weighted by Gasteiger charge is 2.46. The molecule has 3 aromatic heterocycles. The Kier molecular flexibility index (Phi) is 7.81. The largest absolute Gasteiger partial charge is 0.479 e. The summed E-state index contributed by atoms with van der Waals surface area (Å²) >= 11 is 0. The number of carbonyl (C=O) groups is 3. The van der Waals surface area contributed by atoms with E-state index in [1.165, 1.54) is 37.8 Å². The molecule has 2 fully saturated rings. The molecule has 2 amide bonds. The van der Waals surface area contributed by atoms with Crippen molar-refractivity contribution in [1.29, 1.82) is 0 Å². The Hall–Kier alpha value is -5.13. The van der Waals surface area contributed by atoms with Crippen molar-refractivity contribution in [2.24, 2.45) is 7.05 Å². The monoisotopic (exact) mass is 595 g/mol. The molecular formula is C32H33N7O5. The lowest BCUT2D eigenvalue weighted by Gasteiger charge is -2.40. The summed E-state index contributed by atoms with van der Waals surface area (Å²) < 4.78 is 7.31. The molecule has 6 rings (SSSR count). The van der Waals surface area contributed by atoms with Gasteiger partial charge in [0.15, 0.2) is 5.82 Å². The molecule has 0 unspecified atom stereocenters. The number of carboxylic acids is 1. The van der Waals surface area contributed by atoms with Crippen LogP contribution in [0, 0.1) is 0 Å². The van der Waals surface area contributed by atoms with Gasteiger partial charge in [0.25, 0.3) is 11.8 Å². The number of fused-ring (bicyclic) bond motifs is 1. The molecule has 2 aliphatic rings. The molecule has 3 N–H and O–H groups in total. The first-order valence-corrected chi connectivity index (χ1v) is 14.6. The van der Waals surface area contributed by atoms with Crippen molar-refractivity contribution in [3.05, 3.63) is 65.9 Å². The molecule has 2 saturated carbocycles. The Balaban J connectivity index is 1.26. The molecular weight excluding hydrogens is 562 g/mol. The van der Waals surface area contributed by atoms with Crippen LogP contribution in [0.1, 0.15) is 72.5 Å². The number of benzene rings is 1. The molecule has 0 spiro atoms. The second kappa shape index (κ2) is 11.9. The first-order valence-electron chi connectivity index (χ1n) is 14.6. The number of nitrogens with one attached hydrogen (secondary N) is 2. The topological polar surface area (TPSA) is 161 Å². The fourth-order valence-electron chi connectivity index (χ4n) is 6.29. The normalized spacial score (nSPS) is 16.1. The van der Waals surface area contributed by atoms with E-state index in [1.807, 2.05) is 25.2 Å². The standard InChI is InChI=1S/C32H33N7O5/c1-39-24-16-20(8-9-21(24)27(19-6-3-4-7-19)28(39)23-17-33-14-15-34-23)29(42)38-32(12-5-13-32)31(43)37-25-18-35-22(10-11-26(40)41)30(36-25)44-2/h8-11,14-19H,3-7,12-13H2,1-2H3,(H,38,42)(H,40,41)(H,36,37,43)/b11-10+. The van der Waals surface area contributed by atoms with Gasteiger partial charge in [-0.05, 0) is 61.8 Å². The maximum Gasteiger partial charge on any atom is 0.328 e. The first-order chi connectivity index (χ1) is 21.3. The van der Waals surface area contributed by atoms with Crippen LogP contribution in [0.5, 0.6) is 5.88 Å². The maximum atomic E-state index is 13.6. The van der Waals surface area contributed by atoms with E-state index in [9.17, 15) is 14.4 Å². The molecule has 4 aromatic rings. The van der Waals surface area contributed by atoms with E-state index in [0.717, 1.165) is 47.6 Å². The van der Waals surface area contributed by atoms with Gasteiger partial charge < -0.3 is 25.0 Å². The third kappa shape index (κ3) is 5.38. The Morgan fingerprint density at radius 3 is 2.55 bits per heavy atom. The van der Waals surface area contributed by atoms with Crippen molar-refractivity contribution in [2.75, 3.05) is 12.4 Å². The number of hydrogen-bond acceptors (Lipinski definition) is 8. The molecule has 44 heavy (non-hydrogen) atoms. The molecule has 12 heteroatoms. The zero-order chi connectivity index (χ0) is 30.8. The number of carboxylic acid groups (broad SMARTS) is 1. The van der Waals surface area contributed by atoms with Crippen molar-refractivity contribution in [3.8, 4) is 17.3 Å². The van der Waals surface area contributed by atoms with Crippen molar-refractivity contribution in [2.45, 2.75) is 56.4 Å². The number of amides is 2. The zero-order valence-electron chi connectivity index (χ0n) is 24.5. The maximum absolute atomic E-state index is 13.6. The minimum absolute atomic E-state index is 0.0562. The van der Waals surface area contributed by atoms with Gasteiger partial charge in [-0.25, -0.2) is 9.78 Å². The van der Waals surface area contributed by atoms with Crippen LogP contribution in [0.4, 0.5) is 5.82 Å². The average molecular weight is 596 g/mol. The highest BCUT2D eigenvalue weighted by Crippen LogP contribution is 2.44. The zero-order valence-corrected chi connectivity index (χ0v) is 24.5. The third-order valence-electron chi connectivity index (χ3n) is 8.65. The number of nitrogens with zero attached hydrogens (tertiary/aromatic N) is 5. The number of anilines is 1. The van der Waals surface area contributed by atoms with Crippen LogP contribution in [-0.2, 0) is 16.6 Å². The van der Waals surface area contributed by atoms with Crippen LogP contribution in [0.15, 0.2) is 49.1 Å². The van der Waals surface area contributed by atoms with E-state index in [1.54, 1.807) is 18.6 Å². The summed E-state index contributed by atoms with van der Waals surface area (Å²) in [5.41, 5.74) is 3.56. The summed E-state index contributed by atoms with van der Waals surface area (Å²) in [5.74, 6) is -1.29. The lowest BCUT2D eigenvalue weighted by molar-refractivity contribution is -0.131. The summed E-state index contributed by atoms with van der Waals surface area (Å²) in [4.78, 5) is 55.2. The summed E-state index contributed by atoms with van der Waals surface area (Å²) in [6, 6.07) is 5.71. The molecule has 226 valence electrons. The summed E-state index contributed by atoms with van der Waals surface area (Å²) in [6.45, 7) is 0. The van der Waals surface area contributed by atoms with Gasteiger partial charge in [-0.15, -0.1) is 0 Å². The van der Waals surface area contributed by atoms with Crippen LogP contribution in [0.3, 0.4) is 0 Å². The van der Waals surface area contributed by atoms with Crippen LogP contribution in [0.25, 0.3) is 28.4 Å². The minimum Gasteiger partial charge on any atom is -0.479 e. The molecule has 0 atom stereocenters. The Morgan fingerprint density at radius 2 is 1.89 bits per heavy atom. The Labute approximate surface area is 253 Å². The minimum atomic E-state index is -1.14. The average Bonchev–Trinajstić information content (AvgIpc) is 3.64. The quantitative estimate of drug-likeness (QED) is 0.237. The van der Waals surface area contributed by atoms with Crippen LogP contribution < -0.4 is 15.4 Å². The van der Waals surface area contributed by atoms with Crippen LogP contribution >= 0.6 is 0 Å². The molecule has 0 aliphatic heterocycles. The molecule has 0 saturated heterocycles. The summed E-state index contributed by atoms with van der Waals surface area (Å²) in [5, 5.41) is 15.7. The van der Waals surface area contributed by atoms with Gasteiger partial charge in [0.2, 0.25) is 5.88 Å². The molecule has 12 nitrogen and oxygen atoms in total. The Morgan fingerprint density at radius 1 is 1.09 bits per heavy atom. The highest BCUT2D eigenvalue weighted by molar-refractivity contribution is 6.05. The van der Waals surface area contributed by atoms with E-state index in [2.05, 4.69) is 35.1 Å². The molecule has 1 aromatic carbocycles. The van der Waals surface area contributed by atoms with Gasteiger partial charge >= 0.3 is 5.97 Å². The van der Waals surface area contributed by atoms with Crippen LogP contribution in [-0.4, -0.2) is 60.0 Å². The summed E-state index contributed by atoms with van der Waals surface area (Å²) in [6.07, 6.45) is 15.0. The molecule has 3 heterocycles. The van der Waals surface area contributed by atoms with E-state index in [-0.39, 0.29) is 23.3 Å². The SMILES string of the molecule is COc1nc(NC(=O)C2(NC(=O)c3ccc4c(C5CCCC5)c(-c5cnccn5)n(C)c4c3)CCC2)cnc1/C=C/C(=O)O. The van der Waals surface area contributed by atoms with E-state index < -0.39 is 17.4 Å². The van der Waals surface area contributed by atoms with E-state index >= 15 is 0 Å².